The Morgan fingerprint density at radius 2 is 1.88 bits per heavy atom. The lowest BCUT2D eigenvalue weighted by Crippen LogP contribution is -2.29. The third-order valence-corrected chi connectivity index (χ3v) is 2.52. The molecule has 1 aliphatic heterocycles. The molecular weight excluding hydrogens is 210 g/mol. The van der Waals surface area contributed by atoms with Crippen LogP contribution in [0.3, 0.4) is 0 Å². The number of amides is 2. The van der Waals surface area contributed by atoms with E-state index in [-0.39, 0.29) is 29.1 Å². The molecule has 0 spiro atoms. The van der Waals surface area contributed by atoms with Crippen LogP contribution in [0.1, 0.15) is 38.0 Å². The van der Waals surface area contributed by atoms with Gasteiger partial charge in [0, 0.05) is 6.54 Å². The maximum absolute atomic E-state index is 11.7. The van der Waals surface area contributed by atoms with Crippen LogP contribution >= 0.6 is 0 Å². The quantitative estimate of drug-likeness (QED) is 0.636. The van der Waals surface area contributed by atoms with Crippen molar-refractivity contribution in [3.8, 4) is 0 Å². The Hall–Kier alpha value is -2.17. The fourth-order valence-electron chi connectivity index (χ4n) is 1.70. The summed E-state index contributed by atoms with van der Waals surface area (Å²) in [6.07, 6.45) is 0. The summed E-state index contributed by atoms with van der Waals surface area (Å²) < 4.78 is 0. The average Bonchev–Trinajstić information content (AvgIpc) is 2.51. The molecule has 0 radical (unpaired) electrons. The lowest BCUT2D eigenvalue weighted by atomic mass is 10.1. The second kappa shape index (κ2) is 3.44. The summed E-state index contributed by atoms with van der Waals surface area (Å²) in [6.45, 7) is 1.95. The Morgan fingerprint density at radius 1 is 1.25 bits per heavy atom. The fourth-order valence-corrected chi connectivity index (χ4v) is 1.70. The molecule has 0 unspecified atom stereocenters. The first kappa shape index (κ1) is 10.4. The molecule has 5 nitrogen and oxygen atoms in total. The minimum atomic E-state index is -1.36. The zero-order chi connectivity index (χ0) is 11.9. The fraction of sp³-hybridized carbons (Fsp3) is 0.182. The van der Waals surface area contributed by atoms with E-state index in [0.717, 1.165) is 4.90 Å². The number of hydrogen-bond acceptors (Lipinski definition) is 4. The Balaban J connectivity index is 2.56. The number of carbonyl (C=O) groups is 3. The van der Waals surface area contributed by atoms with Crippen LogP contribution in [0, 0.1) is 0 Å². The van der Waals surface area contributed by atoms with Crippen LogP contribution in [0.2, 0.25) is 0 Å². The van der Waals surface area contributed by atoms with Gasteiger partial charge < -0.3 is 9.90 Å². The minimum Gasteiger partial charge on any atom is -0.545 e. The van der Waals surface area contributed by atoms with Gasteiger partial charge in [0.15, 0.2) is 0 Å². The van der Waals surface area contributed by atoms with Crippen molar-refractivity contribution in [2.24, 2.45) is 0 Å². The topological polar surface area (TPSA) is 77.5 Å². The maximum Gasteiger partial charge on any atom is 0.261 e. The lowest BCUT2D eigenvalue weighted by Gasteiger charge is -2.08. The second-order valence-corrected chi connectivity index (χ2v) is 3.40. The molecule has 0 saturated heterocycles. The number of carbonyl (C=O) groups excluding carboxylic acids is 3. The molecule has 0 N–H and O–H groups in total. The molecule has 1 aromatic rings. The van der Waals surface area contributed by atoms with Crippen molar-refractivity contribution in [2.75, 3.05) is 6.54 Å². The summed E-state index contributed by atoms with van der Waals surface area (Å²) in [5.41, 5.74) is 0.281. The van der Waals surface area contributed by atoms with Gasteiger partial charge in [-0.15, -0.1) is 0 Å². The van der Waals surface area contributed by atoms with Crippen LogP contribution in [0.4, 0.5) is 0 Å². The highest BCUT2D eigenvalue weighted by atomic mass is 16.4. The standard InChI is InChI=1S/C11H9NO4/c1-2-12-9(13)7-4-3-6(11(15)16)5-8(7)10(12)14/h3-5H,2H2,1H3,(H,15,16)/p-1. The molecule has 0 bridgehead atoms. The Kier molecular flexibility index (Phi) is 2.23. The van der Waals surface area contributed by atoms with Crippen LogP contribution in [0.15, 0.2) is 18.2 Å². The molecule has 1 aromatic carbocycles. The van der Waals surface area contributed by atoms with Crippen molar-refractivity contribution >= 4 is 17.8 Å². The zero-order valence-corrected chi connectivity index (χ0v) is 8.52. The average molecular weight is 218 g/mol. The molecule has 0 fully saturated rings. The number of aromatic carboxylic acids is 1. The number of carboxylic acid groups (broad SMARTS) is 1. The van der Waals surface area contributed by atoms with E-state index < -0.39 is 11.9 Å². The molecule has 2 rings (SSSR count). The van der Waals surface area contributed by atoms with Crippen LogP contribution in [0.5, 0.6) is 0 Å². The smallest absolute Gasteiger partial charge is 0.261 e. The summed E-state index contributed by atoms with van der Waals surface area (Å²) >= 11 is 0. The van der Waals surface area contributed by atoms with Crippen LogP contribution in [0.25, 0.3) is 0 Å². The van der Waals surface area contributed by atoms with Crippen molar-refractivity contribution in [1.29, 1.82) is 0 Å². The number of nitrogens with zero attached hydrogens (tertiary/aromatic N) is 1. The summed E-state index contributed by atoms with van der Waals surface area (Å²) in [4.78, 5) is 35.1. The first-order chi connectivity index (χ1) is 7.56. The molecule has 82 valence electrons. The van der Waals surface area contributed by atoms with Gasteiger partial charge in [-0.05, 0) is 24.6 Å². The van der Waals surface area contributed by atoms with E-state index in [4.69, 9.17) is 0 Å². The number of fused-ring (bicyclic) bond motifs is 1. The summed E-state index contributed by atoms with van der Waals surface area (Å²) in [7, 11) is 0. The maximum atomic E-state index is 11.7. The molecule has 2 amide bonds. The van der Waals surface area contributed by atoms with Crippen LogP contribution in [-0.4, -0.2) is 29.2 Å². The van der Waals surface area contributed by atoms with Crippen molar-refractivity contribution in [3.63, 3.8) is 0 Å². The molecule has 5 heteroatoms. The SMILES string of the molecule is CCN1C(=O)c2ccc(C(=O)[O-])cc2C1=O. The highest BCUT2D eigenvalue weighted by molar-refractivity contribution is 6.21. The van der Waals surface area contributed by atoms with Gasteiger partial charge in [0.1, 0.15) is 0 Å². The molecule has 0 aliphatic carbocycles. The predicted molar refractivity (Wildman–Crippen MR) is 51.8 cm³/mol. The molecule has 0 saturated carbocycles. The van der Waals surface area contributed by atoms with Crippen molar-refractivity contribution < 1.29 is 19.5 Å². The van der Waals surface area contributed by atoms with Crippen molar-refractivity contribution in [1.82, 2.24) is 4.90 Å². The zero-order valence-electron chi connectivity index (χ0n) is 8.52. The molecule has 1 aliphatic rings. The predicted octanol–water partition coefficient (Wildman–Crippen LogP) is -0.334. The third kappa shape index (κ3) is 1.29. The first-order valence-corrected chi connectivity index (χ1v) is 4.78. The van der Waals surface area contributed by atoms with Crippen molar-refractivity contribution in [3.05, 3.63) is 34.9 Å². The van der Waals surface area contributed by atoms with Crippen LogP contribution < -0.4 is 5.11 Å². The lowest BCUT2D eigenvalue weighted by molar-refractivity contribution is -0.255. The van der Waals surface area contributed by atoms with Crippen molar-refractivity contribution in [2.45, 2.75) is 6.92 Å². The summed E-state index contributed by atoms with van der Waals surface area (Å²) in [6, 6.07) is 3.79. The summed E-state index contributed by atoms with van der Waals surface area (Å²) in [5.74, 6) is -2.20. The normalized spacial score (nSPS) is 14.2. The minimum absolute atomic E-state index is 0.0992. The van der Waals surface area contributed by atoms with E-state index in [0.29, 0.717) is 0 Å². The molecule has 16 heavy (non-hydrogen) atoms. The van der Waals surface area contributed by atoms with E-state index in [1.807, 2.05) is 0 Å². The van der Waals surface area contributed by atoms with E-state index in [2.05, 4.69) is 0 Å². The number of rotatable bonds is 2. The Labute approximate surface area is 91.3 Å². The molecule has 1 heterocycles. The van der Waals surface area contributed by atoms with Gasteiger partial charge in [-0.25, -0.2) is 0 Å². The number of imide groups is 1. The molecular formula is C11H8NO4-. The summed E-state index contributed by atoms with van der Waals surface area (Å²) in [5, 5.41) is 10.6. The Bertz CT molecular complexity index is 507. The van der Waals surface area contributed by atoms with E-state index in [1.165, 1.54) is 18.2 Å². The largest absolute Gasteiger partial charge is 0.545 e. The number of benzene rings is 1. The molecule has 0 atom stereocenters. The highest BCUT2D eigenvalue weighted by Gasteiger charge is 2.34. The van der Waals surface area contributed by atoms with E-state index >= 15 is 0 Å². The van der Waals surface area contributed by atoms with Gasteiger partial charge in [-0.1, -0.05) is 6.07 Å². The number of carboxylic acids is 1. The monoisotopic (exact) mass is 218 g/mol. The van der Waals surface area contributed by atoms with Gasteiger partial charge in [-0.3, -0.25) is 14.5 Å². The number of hydrogen-bond donors (Lipinski definition) is 0. The second-order valence-electron chi connectivity index (χ2n) is 3.40. The third-order valence-electron chi connectivity index (χ3n) is 2.52. The first-order valence-electron chi connectivity index (χ1n) is 4.78. The van der Waals surface area contributed by atoms with Gasteiger partial charge in [-0.2, -0.15) is 0 Å². The van der Waals surface area contributed by atoms with Gasteiger partial charge >= 0.3 is 0 Å². The van der Waals surface area contributed by atoms with Gasteiger partial charge in [0.25, 0.3) is 11.8 Å². The van der Waals surface area contributed by atoms with Crippen LogP contribution in [-0.2, 0) is 0 Å². The van der Waals surface area contributed by atoms with Gasteiger partial charge in [0.2, 0.25) is 0 Å². The van der Waals surface area contributed by atoms with Gasteiger partial charge in [0.05, 0.1) is 17.1 Å². The Morgan fingerprint density at radius 3 is 2.44 bits per heavy atom. The molecule has 0 aromatic heterocycles. The highest BCUT2D eigenvalue weighted by Crippen LogP contribution is 2.23. The van der Waals surface area contributed by atoms with E-state index in [1.54, 1.807) is 6.92 Å². The van der Waals surface area contributed by atoms with E-state index in [9.17, 15) is 19.5 Å².